The van der Waals surface area contributed by atoms with E-state index in [-0.39, 0.29) is 18.0 Å². The molecule has 0 radical (unpaired) electrons. The lowest BCUT2D eigenvalue weighted by atomic mass is 10.1. The van der Waals surface area contributed by atoms with Gasteiger partial charge in [-0.1, -0.05) is 6.07 Å². The molecule has 82 valence electrons. The second kappa shape index (κ2) is 5.37. The van der Waals surface area contributed by atoms with Crippen LogP contribution in [0.1, 0.15) is 18.1 Å². The van der Waals surface area contributed by atoms with Crippen molar-refractivity contribution in [2.75, 3.05) is 7.11 Å². The molecule has 15 heavy (non-hydrogen) atoms. The summed E-state index contributed by atoms with van der Waals surface area (Å²) in [5, 5.41) is 0. The first-order valence-corrected chi connectivity index (χ1v) is 5.29. The van der Waals surface area contributed by atoms with Gasteiger partial charge in [-0.3, -0.25) is 4.79 Å². The molecule has 2 nitrogen and oxygen atoms in total. The van der Waals surface area contributed by atoms with E-state index < -0.39 is 0 Å². The molecule has 0 N–H and O–H groups in total. The number of rotatable bonds is 4. The summed E-state index contributed by atoms with van der Waals surface area (Å²) in [5.41, 5.74) is 1.26. The van der Waals surface area contributed by atoms with Crippen molar-refractivity contribution in [3.8, 4) is 0 Å². The third kappa shape index (κ3) is 3.39. The van der Waals surface area contributed by atoms with E-state index in [0.29, 0.717) is 16.6 Å². The molecule has 0 saturated heterocycles. The lowest BCUT2D eigenvalue weighted by Crippen LogP contribution is -2.02. The third-order valence-electron chi connectivity index (χ3n) is 1.91. The number of ketones is 1. The van der Waals surface area contributed by atoms with Crippen molar-refractivity contribution < 1.29 is 13.9 Å². The highest BCUT2D eigenvalue weighted by Gasteiger charge is 2.10. The molecular formula is C11H12BrFO2. The Labute approximate surface area is 96.6 Å². The van der Waals surface area contributed by atoms with Gasteiger partial charge >= 0.3 is 0 Å². The van der Waals surface area contributed by atoms with Crippen LogP contribution in [0, 0.1) is 5.82 Å². The molecule has 0 spiro atoms. The van der Waals surface area contributed by atoms with Crippen molar-refractivity contribution in [3.05, 3.63) is 33.5 Å². The molecule has 0 aliphatic carbocycles. The number of hydrogen-bond acceptors (Lipinski definition) is 2. The van der Waals surface area contributed by atoms with Crippen LogP contribution in [0.25, 0.3) is 0 Å². The lowest BCUT2D eigenvalue weighted by Gasteiger charge is -2.07. The third-order valence-corrected chi connectivity index (χ3v) is 2.49. The largest absolute Gasteiger partial charge is 0.380 e. The maximum absolute atomic E-state index is 13.5. The minimum Gasteiger partial charge on any atom is -0.380 e. The van der Waals surface area contributed by atoms with Gasteiger partial charge < -0.3 is 4.74 Å². The topological polar surface area (TPSA) is 26.3 Å². The van der Waals surface area contributed by atoms with Crippen LogP contribution in [0.15, 0.2) is 16.6 Å². The van der Waals surface area contributed by atoms with Crippen molar-refractivity contribution in [2.45, 2.75) is 20.0 Å². The van der Waals surface area contributed by atoms with Gasteiger partial charge in [0.15, 0.2) is 0 Å². The Bertz CT molecular complexity index is 377. The summed E-state index contributed by atoms with van der Waals surface area (Å²) in [6, 6.07) is 3.31. The summed E-state index contributed by atoms with van der Waals surface area (Å²) in [6.45, 7) is 1.85. The molecule has 0 heterocycles. The molecule has 0 saturated carbocycles. The molecule has 0 atom stereocenters. The van der Waals surface area contributed by atoms with E-state index >= 15 is 0 Å². The van der Waals surface area contributed by atoms with E-state index in [4.69, 9.17) is 4.74 Å². The Morgan fingerprint density at radius 3 is 2.73 bits per heavy atom. The van der Waals surface area contributed by atoms with E-state index in [2.05, 4.69) is 15.9 Å². The van der Waals surface area contributed by atoms with Gasteiger partial charge in [0.25, 0.3) is 0 Å². The zero-order chi connectivity index (χ0) is 11.4. The van der Waals surface area contributed by atoms with E-state index in [1.54, 1.807) is 19.2 Å². The maximum atomic E-state index is 13.5. The van der Waals surface area contributed by atoms with Crippen LogP contribution in [0.3, 0.4) is 0 Å². The standard InChI is InChI=1S/C11H12BrFO2/c1-7(14)3-9-4-8(6-15-2)5-10(12)11(9)13/h4-5H,3,6H2,1-2H3. The van der Waals surface area contributed by atoms with E-state index in [0.717, 1.165) is 5.56 Å². The van der Waals surface area contributed by atoms with Gasteiger partial charge in [-0.25, -0.2) is 4.39 Å². The predicted molar refractivity (Wildman–Crippen MR) is 59.2 cm³/mol. The Balaban J connectivity index is 3.06. The number of carbonyl (C=O) groups is 1. The molecule has 0 fully saturated rings. The van der Waals surface area contributed by atoms with Crippen molar-refractivity contribution in [3.63, 3.8) is 0 Å². The minimum absolute atomic E-state index is 0.0598. The highest BCUT2D eigenvalue weighted by molar-refractivity contribution is 9.10. The van der Waals surface area contributed by atoms with Crippen LogP contribution >= 0.6 is 15.9 Å². The van der Waals surface area contributed by atoms with Gasteiger partial charge in [-0.2, -0.15) is 0 Å². The SMILES string of the molecule is COCc1cc(Br)c(F)c(CC(C)=O)c1. The van der Waals surface area contributed by atoms with Gasteiger partial charge in [-0.15, -0.1) is 0 Å². The van der Waals surface area contributed by atoms with E-state index in [1.807, 2.05) is 0 Å². The Morgan fingerprint density at radius 1 is 1.53 bits per heavy atom. The lowest BCUT2D eigenvalue weighted by molar-refractivity contribution is -0.116. The minimum atomic E-state index is -0.370. The highest BCUT2D eigenvalue weighted by atomic mass is 79.9. The van der Waals surface area contributed by atoms with Crippen LogP contribution in [0.5, 0.6) is 0 Å². The first kappa shape index (κ1) is 12.3. The van der Waals surface area contributed by atoms with Gasteiger partial charge in [0, 0.05) is 13.5 Å². The van der Waals surface area contributed by atoms with Crippen LogP contribution < -0.4 is 0 Å². The van der Waals surface area contributed by atoms with Crippen molar-refractivity contribution in [1.29, 1.82) is 0 Å². The van der Waals surface area contributed by atoms with Crippen molar-refractivity contribution in [2.24, 2.45) is 0 Å². The molecule has 0 aliphatic rings. The van der Waals surface area contributed by atoms with Gasteiger partial charge in [0.1, 0.15) is 11.6 Å². The summed E-state index contributed by atoms with van der Waals surface area (Å²) >= 11 is 3.11. The number of benzene rings is 1. The van der Waals surface area contributed by atoms with E-state index in [1.165, 1.54) is 6.92 Å². The highest BCUT2D eigenvalue weighted by Crippen LogP contribution is 2.22. The monoisotopic (exact) mass is 274 g/mol. The number of Topliss-reactive ketones (excluding diaryl/α,β-unsaturated/α-hetero) is 1. The summed E-state index contributed by atoms with van der Waals surface area (Å²) in [7, 11) is 1.57. The average molecular weight is 275 g/mol. The van der Waals surface area contributed by atoms with Crippen LogP contribution in [0.4, 0.5) is 4.39 Å². The maximum Gasteiger partial charge on any atom is 0.141 e. The van der Waals surface area contributed by atoms with Gasteiger partial charge in [0.2, 0.25) is 0 Å². The van der Waals surface area contributed by atoms with Gasteiger partial charge in [0.05, 0.1) is 11.1 Å². The Hall–Kier alpha value is -0.740. The number of carbonyl (C=O) groups excluding carboxylic acids is 1. The van der Waals surface area contributed by atoms with E-state index in [9.17, 15) is 9.18 Å². The van der Waals surface area contributed by atoms with Crippen molar-refractivity contribution >= 4 is 21.7 Å². The van der Waals surface area contributed by atoms with Gasteiger partial charge in [-0.05, 0) is 40.0 Å². The summed E-state index contributed by atoms with van der Waals surface area (Å²) in [5.74, 6) is -0.430. The Morgan fingerprint density at radius 2 is 2.20 bits per heavy atom. The fourth-order valence-electron chi connectivity index (χ4n) is 1.36. The molecule has 0 aliphatic heterocycles. The molecule has 0 unspecified atom stereocenters. The second-order valence-electron chi connectivity index (χ2n) is 3.36. The zero-order valence-electron chi connectivity index (χ0n) is 8.64. The number of ether oxygens (including phenoxy) is 1. The zero-order valence-corrected chi connectivity index (χ0v) is 10.2. The van der Waals surface area contributed by atoms with Crippen LogP contribution in [0.2, 0.25) is 0 Å². The number of hydrogen-bond donors (Lipinski definition) is 0. The fourth-order valence-corrected chi connectivity index (χ4v) is 1.90. The predicted octanol–water partition coefficient (Wildman–Crippen LogP) is 2.87. The molecule has 0 aromatic heterocycles. The summed E-state index contributed by atoms with van der Waals surface area (Å²) < 4.78 is 18.9. The fraction of sp³-hybridized carbons (Fsp3) is 0.364. The average Bonchev–Trinajstić information content (AvgIpc) is 2.13. The smallest absolute Gasteiger partial charge is 0.141 e. The molecule has 1 aromatic carbocycles. The normalized spacial score (nSPS) is 10.4. The summed E-state index contributed by atoms with van der Waals surface area (Å²) in [6.07, 6.45) is 0.113. The second-order valence-corrected chi connectivity index (χ2v) is 4.22. The van der Waals surface area contributed by atoms with Crippen LogP contribution in [-0.2, 0) is 22.6 Å². The number of methoxy groups -OCH3 is 1. The van der Waals surface area contributed by atoms with Crippen molar-refractivity contribution in [1.82, 2.24) is 0 Å². The molecule has 4 heteroatoms. The Kier molecular flexibility index (Phi) is 4.42. The molecule has 1 aromatic rings. The number of halogens is 2. The first-order valence-electron chi connectivity index (χ1n) is 4.49. The first-order chi connectivity index (χ1) is 7.04. The summed E-state index contributed by atoms with van der Waals surface area (Å²) in [4.78, 5) is 10.9. The quantitative estimate of drug-likeness (QED) is 0.844. The molecular weight excluding hydrogens is 263 g/mol. The molecule has 0 amide bonds. The molecule has 1 rings (SSSR count). The van der Waals surface area contributed by atoms with Crippen LogP contribution in [-0.4, -0.2) is 12.9 Å². The molecule has 0 bridgehead atoms.